The van der Waals surface area contributed by atoms with E-state index >= 15 is 0 Å². The van der Waals surface area contributed by atoms with Gasteiger partial charge in [-0.3, -0.25) is 4.79 Å². The summed E-state index contributed by atoms with van der Waals surface area (Å²) in [5.74, 6) is 1.45. The molecule has 3 rings (SSSR count). The molecule has 1 aliphatic rings. The molecule has 1 aliphatic carbocycles. The van der Waals surface area contributed by atoms with E-state index in [-0.39, 0.29) is 11.9 Å². The highest BCUT2D eigenvalue weighted by atomic mass is 35.5. The summed E-state index contributed by atoms with van der Waals surface area (Å²) >= 11 is 5.88. The molecule has 1 aromatic heterocycles. The smallest absolute Gasteiger partial charge is 0.287 e. The van der Waals surface area contributed by atoms with Gasteiger partial charge in [0.15, 0.2) is 5.76 Å². The lowest BCUT2D eigenvalue weighted by Gasteiger charge is -2.29. The second-order valence-electron chi connectivity index (χ2n) is 6.01. The van der Waals surface area contributed by atoms with Crippen LogP contribution in [-0.4, -0.2) is 11.9 Å². The Labute approximate surface area is 135 Å². The number of carbonyl (C=O) groups is 1. The lowest BCUT2D eigenvalue weighted by molar-refractivity contribution is 0.0883. The number of halogens is 1. The standard InChI is InChI=1S/C18H20ClNO2/c1-12-4-2-3-5-15(12)20-18(21)17-11-10-16(22-17)13-6-8-14(19)9-7-13/h6-12,15H,2-5H2,1H3,(H,20,21). The van der Waals surface area contributed by atoms with Crippen molar-refractivity contribution in [3.63, 3.8) is 0 Å². The first-order chi connectivity index (χ1) is 10.6. The monoisotopic (exact) mass is 317 g/mol. The van der Waals surface area contributed by atoms with Crippen molar-refractivity contribution in [1.29, 1.82) is 0 Å². The van der Waals surface area contributed by atoms with Gasteiger partial charge in [0.1, 0.15) is 5.76 Å². The number of amides is 1. The summed E-state index contributed by atoms with van der Waals surface area (Å²) in [6, 6.07) is 11.2. The first-order valence-corrected chi connectivity index (χ1v) is 8.18. The largest absolute Gasteiger partial charge is 0.451 e. The van der Waals surface area contributed by atoms with Crippen LogP contribution in [0.3, 0.4) is 0 Å². The van der Waals surface area contributed by atoms with Gasteiger partial charge in [-0.2, -0.15) is 0 Å². The molecule has 2 aromatic rings. The van der Waals surface area contributed by atoms with Crippen LogP contribution >= 0.6 is 11.6 Å². The molecular formula is C18H20ClNO2. The molecule has 1 amide bonds. The van der Waals surface area contributed by atoms with Crippen LogP contribution in [0.15, 0.2) is 40.8 Å². The van der Waals surface area contributed by atoms with Crippen LogP contribution in [0.25, 0.3) is 11.3 Å². The molecule has 0 saturated heterocycles. The van der Waals surface area contributed by atoms with Crippen LogP contribution in [0, 0.1) is 5.92 Å². The zero-order valence-corrected chi connectivity index (χ0v) is 13.4. The van der Waals surface area contributed by atoms with Crippen molar-refractivity contribution in [2.75, 3.05) is 0 Å². The SMILES string of the molecule is CC1CCCCC1NC(=O)c1ccc(-c2ccc(Cl)cc2)o1. The molecule has 116 valence electrons. The molecule has 4 heteroatoms. The number of nitrogens with one attached hydrogen (secondary N) is 1. The predicted molar refractivity (Wildman–Crippen MR) is 88.0 cm³/mol. The minimum absolute atomic E-state index is 0.126. The Kier molecular flexibility index (Phi) is 4.53. The van der Waals surface area contributed by atoms with Crippen molar-refractivity contribution in [2.24, 2.45) is 5.92 Å². The van der Waals surface area contributed by atoms with Crippen LogP contribution in [-0.2, 0) is 0 Å². The Bertz CT molecular complexity index is 647. The van der Waals surface area contributed by atoms with E-state index in [9.17, 15) is 4.79 Å². The van der Waals surface area contributed by atoms with Crippen LogP contribution in [0.5, 0.6) is 0 Å². The third kappa shape index (κ3) is 3.36. The second kappa shape index (κ2) is 6.57. The minimum Gasteiger partial charge on any atom is -0.451 e. The molecule has 0 bridgehead atoms. The van der Waals surface area contributed by atoms with E-state index in [1.807, 2.05) is 30.3 Å². The Morgan fingerprint density at radius 3 is 2.59 bits per heavy atom. The zero-order valence-electron chi connectivity index (χ0n) is 12.6. The van der Waals surface area contributed by atoms with Gasteiger partial charge >= 0.3 is 0 Å². The summed E-state index contributed by atoms with van der Waals surface area (Å²) in [5.41, 5.74) is 0.912. The van der Waals surface area contributed by atoms with Crippen LogP contribution in [0.4, 0.5) is 0 Å². The summed E-state index contributed by atoms with van der Waals surface area (Å²) < 4.78 is 5.69. The highest BCUT2D eigenvalue weighted by Gasteiger charge is 2.24. The first kappa shape index (κ1) is 15.2. The third-order valence-electron chi connectivity index (χ3n) is 4.39. The first-order valence-electron chi connectivity index (χ1n) is 7.80. The number of hydrogen-bond donors (Lipinski definition) is 1. The quantitative estimate of drug-likeness (QED) is 0.874. The van der Waals surface area contributed by atoms with Gasteiger partial charge in [0.2, 0.25) is 0 Å². The molecule has 1 fully saturated rings. The van der Waals surface area contributed by atoms with Crippen molar-refractivity contribution < 1.29 is 9.21 Å². The molecule has 2 atom stereocenters. The maximum Gasteiger partial charge on any atom is 0.287 e. The van der Waals surface area contributed by atoms with Gasteiger partial charge in [0, 0.05) is 16.6 Å². The second-order valence-corrected chi connectivity index (χ2v) is 6.45. The maximum atomic E-state index is 12.3. The van der Waals surface area contributed by atoms with Gasteiger partial charge in [-0.15, -0.1) is 0 Å². The van der Waals surface area contributed by atoms with Crippen molar-refractivity contribution in [3.05, 3.63) is 47.2 Å². The lowest BCUT2D eigenvalue weighted by Crippen LogP contribution is -2.40. The Morgan fingerprint density at radius 2 is 1.86 bits per heavy atom. The van der Waals surface area contributed by atoms with Crippen molar-refractivity contribution in [3.8, 4) is 11.3 Å². The van der Waals surface area contributed by atoms with E-state index < -0.39 is 0 Å². The lowest BCUT2D eigenvalue weighted by atomic mass is 9.86. The van der Waals surface area contributed by atoms with Gasteiger partial charge in [0.25, 0.3) is 5.91 Å². The Morgan fingerprint density at radius 1 is 1.14 bits per heavy atom. The molecule has 1 aromatic carbocycles. The van der Waals surface area contributed by atoms with Gasteiger partial charge in [-0.1, -0.05) is 31.4 Å². The molecule has 0 aliphatic heterocycles. The molecule has 22 heavy (non-hydrogen) atoms. The number of rotatable bonds is 3. The fourth-order valence-corrected chi connectivity index (χ4v) is 3.13. The van der Waals surface area contributed by atoms with Gasteiger partial charge in [0.05, 0.1) is 0 Å². The number of benzene rings is 1. The van der Waals surface area contributed by atoms with Crippen molar-refractivity contribution in [2.45, 2.75) is 38.6 Å². The summed E-state index contributed by atoms with van der Waals surface area (Å²) in [5, 5.41) is 3.79. The summed E-state index contributed by atoms with van der Waals surface area (Å²) in [6.07, 6.45) is 4.68. The Hall–Kier alpha value is -1.74. The van der Waals surface area contributed by atoms with Gasteiger partial charge in [-0.25, -0.2) is 0 Å². The highest BCUT2D eigenvalue weighted by Crippen LogP contribution is 2.26. The normalized spacial score (nSPS) is 21.5. The molecule has 3 nitrogen and oxygen atoms in total. The van der Waals surface area contributed by atoms with Crippen LogP contribution in [0.2, 0.25) is 5.02 Å². The molecule has 0 radical (unpaired) electrons. The van der Waals surface area contributed by atoms with Crippen molar-refractivity contribution >= 4 is 17.5 Å². The van der Waals surface area contributed by atoms with Crippen LogP contribution in [0.1, 0.15) is 43.2 Å². The van der Waals surface area contributed by atoms with E-state index in [0.717, 1.165) is 12.0 Å². The number of carbonyl (C=O) groups excluding carboxylic acids is 1. The molecule has 1 heterocycles. The van der Waals surface area contributed by atoms with Gasteiger partial charge < -0.3 is 9.73 Å². The molecule has 2 unspecified atom stereocenters. The predicted octanol–water partition coefficient (Wildman–Crippen LogP) is 4.91. The topological polar surface area (TPSA) is 42.2 Å². The number of furan rings is 1. The van der Waals surface area contributed by atoms with E-state index in [0.29, 0.717) is 22.5 Å². The fraction of sp³-hybridized carbons (Fsp3) is 0.389. The molecule has 1 N–H and O–H groups in total. The minimum atomic E-state index is -0.126. The molecular weight excluding hydrogens is 298 g/mol. The average Bonchev–Trinajstić information content (AvgIpc) is 3.00. The van der Waals surface area contributed by atoms with Crippen molar-refractivity contribution in [1.82, 2.24) is 5.32 Å². The average molecular weight is 318 g/mol. The van der Waals surface area contributed by atoms with Gasteiger partial charge in [-0.05, 0) is 55.2 Å². The molecule has 1 saturated carbocycles. The summed E-state index contributed by atoms with van der Waals surface area (Å²) in [7, 11) is 0. The van der Waals surface area contributed by atoms with E-state index in [2.05, 4.69) is 12.2 Å². The highest BCUT2D eigenvalue weighted by molar-refractivity contribution is 6.30. The summed E-state index contributed by atoms with van der Waals surface area (Å²) in [4.78, 5) is 12.3. The summed E-state index contributed by atoms with van der Waals surface area (Å²) in [6.45, 7) is 2.20. The third-order valence-corrected chi connectivity index (χ3v) is 4.64. The Balaban J connectivity index is 1.70. The maximum absolute atomic E-state index is 12.3. The van der Waals surface area contributed by atoms with E-state index in [4.69, 9.17) is 16.0 Å². The molecule has 0 spiro atoms. The zero-order chi connectivity index (χ0) is 15.5. The van der Waals surface area contributed by atoms with Crippen LogP contribution < -0.4 is 5.32 Å². The number of hydrogen-bond acceptors (Lipinski definition) is 2. The van der Waals surface area contributed by atoms with E-state index in [1.54, 1.807) is 6.07 Å². The fourth-order valence-electron chi connectivity index (χ4n) is 3.00. The van der Waals surface area contributed by atoms with E-state index in [1.165, 1.54) is 19.3 Å².